The Balaban J connectivity index is 2.29. The van der Waals surface area contributed by atoms with E-state index in [4.69, 9.17) is 10.00 Å². The maximum Gasteiger partial charge on any atom is 0.185 e. The van der Waals surface area contributed by atoms with E-state index in [0.29, 0.717) is 17.5 Å². The Bertz CT molecular complexity index is 650. The lowest BCUT2D eigenvalue weighted by molar-refractivity contribution is 0.415. The van der Waals surface area contributed by atoms with E-state index >= 15 is 0 Å². The van der Waals surface area contributed by atoms with Crippen LogP contribution in [0.5, 0.6) is 5.75 Å². The average molecular weight is 269 g/mol. The molecule has 0 radical (unpaired) electrons. The molecular weight excluding hydrogens is 254 g/mol. The van der Waals surface area contributed by atoms with Crippen LogP contribution in [-0.4, -0.2) is 24.1 Å². The molecule has 6 nitrogen and oxygen atoms in total. The van der Waals surface area contributed by atoms with E-state index in [1.54, 1.807) is 27.1 Å². The van der Waals surface area contributed by atoms with E-state index in [1.165, 1.54) is 4.90 Å². The second kappa shape index (κ2) is 5.89. The van der Waals surface area contributed by atoms with Crippen molar-refractivity contribution < 1.29 is 4.74 Å². The number of rotatable bonds is 4. The molecule has 1 N–H and O–H groups in total. The number of nitrogens with one attached hydrogen (secondary N) is 1. The van der Waals surface area contributed by atoms with Crippen LogP contribution >= 0.6 is 0 Å². The molecule has 0 amide bonds. The quantitative estimate of drug-likeness (QED) is 0.679. The fraction of sp³-hybridized carbons (Fsp3) is 0.214. The smallest absolute Gasteiger partial charge is 0.185 e. The monoisotopic (exact) mass is 269 g/mol. The van der Waals surface area contributed by atoms with Crippen LogP contribution in [0.15, 0.2) is 30.3 Å². The molecule has 1 heterocycles. The number of ether oxygens (including phenoxy) is 1. The van der Waals surface area contributed by atoms with Crippen LogP contribution in [-0.2, 0) is 0 Å². The first-order chi connectivity index (χ1) is 9.62. The number of hydrogen-bond donors (Lipinski definition) is 1. The standard InChI is InChI=1S/C14H15N5O/c1-10-16-13(8-14(17-10)19(2)9-15)18-11-5-4-6-12(7-11)20-3/h4-8H,1-3H3,(H,16,17,18). The summed E-state index contributed by atoms with van der Waals surface area (Å²) in [6.07, 6.45) is 2.01. The van der Waals surface area contributed by atoms with Gasteiger partial charge in [-0.3, -0.25) is 4.90 Å². The number of benzene rings is 1. The molecule has 2 aromatic rings. The fourth-order valence-corrected chi connectivity index (χ4v) is 1.69. The predicted molar refractivity (Wildman–Crippen MR) is 77.1 cm³/mol. The lowest BCUT2D eigenvalue weighted by atomic mass is 10.3. The normalized spacial score (nSPS) is 9.70. The number of nitrogens with zero attached hydrogens (tertiary/aromatic N) is 4. The fourth-order valence-electron chi connectivity index (χ4n) is 1.69. The zero-order valence-electron chi connectivity index (χ0n) is 11.6. The lowest BCUT2D eigenvalue weighted by Crippen LogP contribution is -2.12. The molecule has 0 bridgehead atoms. The lowest BCUT2D eigenvalue weighted by Gasteiger charge is -2.12. The van der Waals surface area contributed by atoms with Crippen LogP contribution < -0.4 is 15.0 Å². The van der Waals surface area contributed by atoms with Gasteiger partial charge in [0, 0.05) is 24.9 Å². The van der Waals surface area contributed by atoms with E-state index < -0.39 is 0 Å². The molecule has 0 aliphatic heterocycles. The first-order valence-corrected chi connectivity index (χ1v) is 6.02. The van der Waals surface area contributed by atoms with Gasteiger partial charge >= 0.3 is 0 Å². The highest BCUT2D eigenvalue weighted by atomic mass is 16.5. The highest BCUT2D eigenvalue weighted by Gasteiger charge is 2.06. The zero-order chi connectivity index (χ0) is 14.5. The number of hydrogen-bond acceptors (Lipinski definition) is 6. The van der Waals surface area contributed by atoms with Gasteiger partial charge in [0.1, 0.15) is 23.2 Å². The Kier molecular flexibility index (Phi) is 4.01. The molecule has 0 aliphatic rings. The first-order valence-electron chi connectivity index (χ1n) is 6.02. The van der Waals surface area contributed by atoms with Crippen molar-refractivity contribution in [2.75, 3.05) is 24.4 Å². The molecule has 6 heteroatoms. The second-order valence-electron chi connectivity index (χ2n) is 4.17. The van der Waals surface area contributed by atoms with Gasteiger partial charge in [-0.2, -0.15) is 5.26 Å². The Morgan fingerprint density at radius 1 is 1.30 bits per heavy atom. The van der Waals surface area contributed by atoms with Crippen molar-refractivity contribution in [2.45, 2.75) is 6.92 Å². The van der Waals surface area contributed by atoms with Crippen LogP contribution in [0.4, 0.5) is 17.3 Å². The molecule has 0 saturated carbocycles. The van der Waals surface area contributed by atoms with Crippen molar-refractivity contribution >= 4 is 17.3 Å². The summed E-state index contributed by atoms with van der Waals surface area (Å²) in [6, 6.07) is 9.25. The third-order valence-corrected chi connectivity index (χ3v) is 2.66. The van der Waals surface area contributed by atoms with Crippen molar-refractivity contribution in [1.29, 1.82) is 5.26 Å². The first kappa shape index (κ1) is 13.6. The van der Waals surface area contributed by atoms with Crippen LogP contribution in [0.1, 0.15) is 5.82 Å². The zero-order valence-corrected chi connectivity index (χ0v) is 11.6. The van der Waals surface area contributed by atoms with E-state index in [9.17, 15) is 0 Å². The number of aryl methyl sites for hydroxylation is 1. The van der Waals surface area contributed by atoms with Crippen molar-refractivity contribution in [3.63, 3.8) is 0 Å². The van der Waals surface area contributed by atoms with E-state index in [-0.39, 0.29) is 0 Å². The summed E-state index contributed by atoms with van der Waals surface area (Å²) >= 11 is 0. The van der Waals surface area contributed by atoms with Crippen molar-refractivity contribution in [3.05, 3.63) is 36.2 Å². The molecule has 2 rings (SSSR count). The largest absolute Gasteiger partial charge is 0.497 e. The molecule has 0 unspecified atom stereocenters. The summed E-state index contributed by atoms with van der Waals surface area (Å²) in [7, 11) is 3.27. The number of aromatic nitrogens is 2. The maximum absolute atomic E-state index is 8.91. The topological polar surface area (TPSA) is 74.1 Å². The molecular formula is C14H15N5O. The Morgan fingerprint density at radius 3 is 2.80 bits per heavy atom. The van der Waals surface area contributed by atoms with Gasteiger partial charge in [-0.15, -0.1) is 0 Å². The van der Waals surface area contributed by atoms with Gasteiger partial charge < -0.3 is 10.1 Å². The van der Waals surface area contributed by atoms with Crippen molar-refractivity contribution in [1.82, 2.24) is 9.97 Å². The van der Waals surface area contributed by atoms with Crippen molar-refractivity contribution in [3.8, 4) is 11.9 Å². The minimum absolute atomic E-state index is 0.547. The Hall–Kier alpha value is -2.81. The van der Waals surface area contributed by atoms with Gasteiger partial charge in [0.25, 0.3) is 0 Å². The molecule has 1 aromatic heterocycles. The Labute approximate surface area is 117 Å². The van der Waals surface area contributed by atoms with Gasteiger partial charge in [0.2, 0.25) is 0 Å². The minimum Gasteiger partial charge on any atom is -0.497 e. The summed E-state index contributed by atoms with van der Waals surface area (Å²) in [5.41, 5.74) is 0.855. The van der Waals surface area contributed by atoms with Crippen LogP contribution in [0.3, 0.4) is 0 Å². The number of anilines is 3. The van der Waals surface area contributed by atoms with Crippen molar-refractivity contribution in [2.24, 2.45) is 0 Å². The molecule has 0 fully saturated rings. The van der Waals surface area contributed by atoms with E-state index in [1.807, 2.05) is 30.5 Å². The van der Waals surface area contributed by atoms with Gasteiger partial charge in [0.05, 0.1) is 7.11 Å². The van der Waals surface area contributed by atoms with Crippen LogP contribution in [0, 0.1) is 18.4 Å². The SMILES string of the molecule is COc1cccc(Nc2cc(N(C)C#N)nc(C)n2)c1. The van der Waals surface area contributed by atoms with Crippen LogP contribution in [0.2, 0.25) is 0 Å². The molecule has 0 spiro atoms. The second-order valence-corrected chi connectivity index (χ2v) is 4.17. The van der Waals surface area contributed by atoms with Gasteiger partial charge in [0.15, 0.2) is 6.19 Å². The summed E-state index contributed by atoms with van der Waals surface area (Å²) in [5.74, 6) is 2.53. The third-order valence-electron chi connectivity index (χ3n) is 2.66. The Morgan fingerprint density at radius 2 is 2.10 bits per heavy atom. The molecule has 0 atom stereocenters. The average Bonchev–Trinajstić information content (AvgIpc) is 2.46. The summed E-state index contributed by atoms with van der Waals surface area (Å²) in [6.45, 7) is 1.78. The molecule has 0 saturated heterocycles. The third kappa shape index (κ3) is 3.14. The predicted octanol–water partition coefficient (Wildman–Crippen LogP) is 2.45. The van der Waals surface area contributed by atoms with E-state index in [0.717, 1.165) is 11.4 Å². The summed E-state index contributed by atoms with van der Waals surface area (Å²) in [4.78, 5) is 9.89. The van der Waals surface area contributed by atoms with Gasteiger partial charge in [-0.05, 0) is 19.1 Å². The number of nitriles is 1. The molecule has 102 valence electrons. The summed E-state index contributed by atoms with van der Waals surface area (Å²) in [5, 5.41) is 12.1. The highest BCUT2D eigenvalue weighted by Crippen LogP contribution is 2.22. The van der Waals surface area contributed by atoms with E-state index in [2.05, 4.69) is 15.3 Å². The highest BCUT2D eigenvalue weighted by molar-refractivity contribution is 5.61. The van der Waals surface area contributed by atoms with Gasteiger partial charge in [-0.25, -0.2) is 9.97 Å². The summed E-state index contributed by atoms with van der Waals surface area (Å²) < 4.78 is 5.17. The molecule has 20 heavy (non-hydrogen) atoms. The maximum atomic E-state index is 8.91. The minimum atomic E-state index is 0.547. The van der Waals surface area contributed by atoms with Gasteiger partial charge in [-0.1, -0.05) is 6.07 Å². The van der Waals surface area contributed by atoms with Crippen LogP contribution in [0.25, 0.3) is 0 Å². The molecule has 0 aliphatic carbocycles. The number of methoxy groups -OCH3 is 1. The molecule has 1 aromatic carbocycles.